The van der Waals surface area contributed by atoms with Gasteiger partial charge in [0.15, 0.2) is 0 Å². The van der Waals surface area contributed by atoms with Crippen LogP contribution in [0.5, 0.6) is 5.75 Å². The zero-order valence-electron chi connectivity index (χ0n) is 12.7. The molecule has 23 heavy (non-hydrogen) atoms. The predicted octanol–water partition coefficient (Wildman–Crippen LogP) is 3.09. The van der Waals surface area contributed by atoms with Gasteiger partial charge < -0.3 is 15.7 Å². The summed E-state index contributed by atoms with van der Waals surface area (Å²) in [6.07, 6.45) is 1.32. The molecule has 0 saturated carbocycles. The van der Waals surface area contributed by atoms with Crippen molar-refractivity contribution in [1.82, 2.24) is 5.32 Å². The van der Waals surface area contributed by atoms with Gasteiger partial charge in [0.1, 0.15) is 17.4 Å². The van der Waals surface area contributed by atoms with Crippen molar-refractivity contribution in [1.29, 1.82) is 5.26 Å². The molecule has 0 aromatic heterocycles. The quantitative estimate of drug-likeness (QED) is 0.585. The molecule has 0 heterocycles. The van der Waals surface area contributed by atoms with Crippen molar-refractivity contribution < 1.29 is 9.90 Å². The van der Waals surface area contributed by atoms with Crippen LogP contribution in [0.2, 0.25) is 0 Å². The third-order valence-electron chi connectivity index (χ3n) is 3.24. The Morgan fingerprint density at radius 1 is 1.22 bits per heavy atom. The molecule has 1 unspecified atom stereocenters. The molecule has 2 aromatic rings. The first-order valence-corrected chi connectivity index (χ1v) is 7.12. The molecule has 0 saturated heterocycles. The second kappa shape index (κ2) is 7.66. The lowest BCUT2D eigenvalue weighted by Gasteiger charge is -2.13. The highest BCUT2D eigenvalue weighted by molar-refractivity contribution is 5.97. The van der Waals surface area contributed by atoms with Gasteiger partial charge in [0.05, 0.1) is 6.04 Å². The van der Waals surface area contributed by atoms with Gasteiger partial charge in [-0.1, -0.05) is 36.4 Å². The number of nitrogens with one attached hydrogen (secondary N) is 2. The van der Waals surface area contributed by atoms with Crippen LogP contribution in [0.25, 0.3) is 0 Å². The number of phenols is 1. The van der Waals surface area contributed by atoms with Gasteiger partial charge in [-0.15, -0.1) is 0 Å². The number of hydrogen-bond acceptors (Lipinski definition) is 4. The minimum Gasteiger partial charge on any atom is -0.508 e. The number of amides is 1. The first-order valence-electron chi connectivity index (χ1n) is 7.12. The van der Waals surface area contributed by atoms with E-state index in [2.05, 4.69) is 10.6 Å². The standard InChI is InChI=1S/C18H17N3O2/c1-13(14-6-3-2-4-7-14)21-18(23)15(11-19)12-20-16-8-5-9-17(22)10-16/h2-10,12-13,20,22H,1H3,(H,21,23)/b15-12-. The van der Waals surface area contributed by atoms with E-state index in [1.54, 1.807) is 12.1 Å². The van der Waals surface area contributed by atoms with E-state index in [4.69, 9.17) is 5.26 Å². The summed E-state index contributed by atoms with van der Waals surface area (Å²) in [5, 5.41) is 24.1. The van der Waals surface area contributed by atoms with E-state index < -0.39 is 5.91 Å². The SMILES string of the molecule is CC(NC(=O)/C(C#N)=C\Nc1cccc(O)c1)c1ccccc1. The minimum absolute atomic E-state index is 0.0453. The normalized spacial score (nSPS) is 12.1. The largest absolute Gasteiger partial charge is 0.508 e. The lowest BCUT2D eigenvalue weighted by molar-refractivity contribution is -0.117. The Bertz CT molecular complexity index is 748. The third-order valence-corrected chi connectivity index (χ3v) is 3.24. The van der Waals surface area contributed by atoms with Crippen LogP contribution in [0, 0.1) is 11.3 Å². The molecule has 0 aliphatic heterocycles. The maximum Gasteiger partial charge on any atom is 0.263 e. The molecule has 116 valence electrons. The number of benzene rings is 2. The molecule has 0 radical (unpaired) electrons. The molecule has 2 rings (SSSR count). The van der Waals surface area contributed by atoms with E-state index >= 15 is 0 Å². The van der Waals surface area contributed by atoms with Crippen LogP contribution < -0.4 is 10.6 Å². The Balaban J connectivity index is 2.04. The molecule has 1 amide bonds. The molecular weight excluding hydrogens is 290 g/mol. The van der Waals surface area contributed by atoms with Gasteiger partial charge in [0.25, 0.3) is 5.91 Å². The van der Waals surface area contributed by atoms with Crippen LogP contribution in [0.1, 0.15) is 18.5 Å². The third kappa shape index (κ3) is 4.61. The summed E-state index contributed by atoms with van der Waals surface area (Å²) >= 11 is 0. The van der Waals surface area contributed by atoms with Crippen molar-refractivity contribution in [3.05, 3.63) is 71.9 Å². The van der Waals surface area contributed by atoms with Gasteiger partial charge in [0, 0.05) is 18.0 Å². The average Bonchev–Trinajstić information content (AvgIpc) is 2.56. The fourth-order valence-corrected chi connectivity index (χ4v) is 2.00. The van der Waals surface area contributed by atoms with E-state index in [1.165, 1.54) is 18.3 Å². The number of nitriles is 1. The van der Waals surface area contributed by atoms with Gasteiger partial charge in [-0.2, -0.15) is 5.26 Å². The zero-order chi connectivity index (χ0) is 16.7. The van der Waals surface area contributed by atoms with E-state index in [1.807, 2.05) is 43.3 Å². The summed E-state index contributed by atoms with van der Waals surface area (Å²) in [6.45, 7) is 1.85. The molecule has 5 nitrogen and oxygen atoms in total. The molecule has 0 spiro atoms. The first-order chi connectivity index (χ1) is 11.1. The molecule has 0 fully saturated rings. The summed E-state index contributed by atoms with van der Waals surface area (Å²) in [7, 11) is 0. The van der Waals surface area contributed by atoms with Crippen molar-refractivity contribution in [2.45, 2.75) is 13.0 Å². The first kappa shape index (κ1) is 16.1. The van der Waals surface area contributed by atoms with Crippen molar-refractivity contribution in [2.75, 3.05) is 5.32 Å². The van der Waals surface area contributed by atoms with Crippen LogP contribution in [0.15, 0.2) is 66.4 Å². The van der Waals surface area contributed by atoms with Gasteiger partial charge in [-0.3, -0.25) is 4.79 Å². The Kier molecular flexibility index (Phi) is 5.37. The smallest absolute Gasteiger partial charge is 0.263 e. The molecule has 0 aliphatic rings. The van der Waals surface area contributed by atoms with Gasteiger partial charge >= 0.3 is 0 Å². The number of phenolic OH excluding ortho intramolecular Hbond substituents is 1. The van der Waals surface area contributed by atoms with E-state index in [0.29, 0.717) is 5.69 Å². The van der Waals surface area contributed by atoms with Crippen LogP contribution >= 0.6 is 0 Å². The fraction of sp³-hybridized carbons (Fsp3) is 0.111. The van der Waals surface area contributed by atoms with Crippen molar-refractivity contribution in [3.63, 3.8) is 0 Å². The number of rotatable bonds is 5. The Labute approximate surface area is 134 Å². The van der Waals surface area contributed by atoms with Crippen LogP contribution in [0.4, 0.5) is 5.69 Å². The zero-order valence-corrected chi connectivity index (χ0v) is 12.7. The summed E-state index contributed by atoms with van der Waals surface area (Å²) in [6, 6.07) is 17.6. The molecule has 3 N–H and O–H groups in total. The highest BCUT2D eigenvalue weighted by Crippen LogP contribution is 2.16. The maximum absolute atomic E-state index is 12.2. The van der Waals surface area contributed by atoms with E-state index in [0.717, 1.165) is 5.56 Å². The summed E-state index contributed by atoms with van der Waals surface area (Å²) in [5.41, 5.74) is 1.50. The monoisotopic (exact) mass is 307 g/mol. The van der Waals surface area contributed by atoms with Crippen LogP contribution in [-0.2, 0) is 4.79 Å². The summed E-state index contributed by atoms with van der Waals surface area (Å²) in [4.78, 5) is 12.2. The minimum atomic E-state index is -0.462. The van der Waals surface area contributed by atoms with Crippen molar-refractivity contribution in [2.24, 2.45) is 0 Å². The lowest BCUT2D eigenvalue weighted by atomic mass is 10.1. The van der Waals surface area contributed by atoms with Gasteiger partial charge in [-0.05, 0) is 24.6 Å². The Morgan fingerprint density at radius 2 is 1.96 bits per heavy atom. The lowest BCUT2D eigenvalue weighted by Crippen LogP contribution is -2.28. The number of nitrogens with zero attached hydrogens (tertiary/aromatic N) is 1. The number of anilines is 1. The highest BCUT2D eigenvalue weighted by atomic mass is 16.3. The maximum atomic E-state index is 12.2. The second-order valence-corrected chi connectivity index (χ2v) is 4.97. The average molecular weight is 307 g/mol. The number of carbonyl (C=O) groups excluding carboxylic acids is 1. The van der Waals surface area contributed by atoms with Crippen LogP contribution in [0.3, 0.4) is 0 Å². The molecule has 0 aliphatic carbocycles. The second-order valence-electron chi connectivity index (χ2n) is 4.97. The van der Waals surface area contributed by atoms with Crippen LogP contribution in [-0.4, -0.2) is 11.0 Å². The van der Waals surface area contributed by atoms with E-state index in [-0.39, 0.29) is 17.4 Å². The summed E-state index contributed by atoms with van der Waals surface area (Å²) < 4.78 is 0. The topological polar surface area (TPSA) is 85.2 Å². The Morgan fingerprint density at radius 3 is 2.61 bits per heavy atom. The molecular formula is C18H17N3O2. The fourth-order valence-electron chi connectivity index (χ4n) is 2.00. The molecule has 5 heteroatoms. The van der Waals surface area contributed by atoms with Crippen molar-refractivity contribution >= 4 is 11.6 Å². The van der Waals surface area contributed by atoms with Crippen molar-refractivity contribution in [3.8, 4) is 11.8 Å². The molecule has 2 aromatic carbocycles. The van der Waals surface area contributed by atoms with Gasteiger partial charge in [-0.25, -0.2) is 0 Å². The molecule has 0 bridgehead atoms. The summed E-state index contributed by atoms with van der Waals surface area (Å²) in [5.74, 6) is -0.361. The number of aromatic hydroxyl groups is 1. The number of hydrogen-bond donors (Lipinski definition) is 3. The van der Waals surface area contributed by atoms with E-state index in [9.17, 15) is 9.90 Å². The molecule has 1 atom stereocenters. The highest BCUT2D eigenvalue weighted by Gasteiger charge is 2.13. The predicted molar refractivity (Wildman–Crippen MR) is 88.4 cm³/mol. The Hall–Kier alpha value is -3.26. The van der Waals surface area contributed by atoms with Gasteiger partial charge in [0.2, 0.25) is 0 Å². The number of carbonyl (C=O) groups is 1.